The molecule has 1 aromatic heterocycles. The molecule has 0 bridgehead atoms. The van der Waals surface area contributed by atoms with Crippen LogP contribution in [-0.4, -0.2) is 65.0 Å². The molecular weight excluding hydrogens is 376 g/mol. The van der Waals surface area contributed by atoms with Crippen molar-refractivity contribution >= 4 is 5.96 Å². The number of guanidine groups is 1. The molecule has 0 aromatic carbocycles. The first kappa shape index (κ1) is 21.6. The highest BCUT2D eigenvalue weighted by Crippen LogP contribution is 2.26. The van der Waals surface area contributed by atoms with Crippen LogP contribution in [0.15, 0.2) is 4.99 Å². The SMILES string of the molecule is CN=C(NCCCc1nnc2n1CCCCC2)N1CCC(OCC2CCCC2)CC1. The molecule has 1 aliphatic carbocycles. The van der Waals surface area contributed by atoms with Gasteiger partial charge in [-0.25, -0.2) is 0 Å². The summed E-state index contributed by atoms with van der Waals surface area (Å²) in [5, 5.41) is 12.4. The number of likely N-dealkylation sites (tertiary alicyclic amines) is 1. The normalized spacial score (nSPS) is 21.6. The maximum absolute atomic E-state index is 6.22. The van der Waals surface area contributed by atoms with Crippen LogP contribution < -0.4 is 5.32 Å². The summed E-state index contributed by atoms with van der Waals surface area (Å²) in [7, 11) is 1.89. The molecule has 1 saturated heterocycles. The Morgan fingerprint density at radius 3 is 2.67 bits per heavy atom. The minimum Gasteiger partial charge on any atom is -0.378 e. The second-order valence-corrected chi connectivity index (χ2v) is 9.24. The molecule has 0 spiro atoms. The van der Waals surface area contributed by atoms with Crippen LogP contribution in [0.4, 0.5) is 0 Å². The lowest BCUT2D eigenvalue weighted by atomic mass is 10.1. The van der Waals surface area contributed by atoms with Gasteiger partial charge in [-0.05, 0) is 50.9 Å². The maximum Gasteiger partial charge on any atom is 0.193 e. The zero-order valence-corrected chi connectivity index (χ0v) is 18.8. The number of fused-ring (bicyclic) bond motifs is 1. The summed E-state index contributed by atoms with van der Waals surface area (Å²) < 4.78 is 8.58. The zero-order valence-electron chi connectivity index (χ0n) is 18.8. The molecule has 7 nitrogen and oxygen atoms in total. The topological polar surface area (TPSA) is 67.6 Å². The second kappa shape index (κ2) is 11.1. The predicted octanol–water partition coefficient (Wildman–Crippen LogP) is 3.18. The third-order valence-corrected chi connectivity index (χ3v) is 7.04. The lowest BCUT2D eigenvalue weighted by molar-refractivity contribution is 0.00102. The van der Waals surface area contributed by atoms with E-state index in [2.05, 4.69) is 30.0 Å². The van der Waals surface area contributed by atoms with Crippen LogP contribution in [0.5, 0.6) is 0 Å². The molecule has 168 valence electrons. The van der Waals surface area contributed by atoms with E-state index in [9.17, 15) is 0 Å². The average molecular weight is 417 g/mol. The summed E-state index contributed by atoms with van der Waals surface area (Å²) in [6, 6.07) is 0. The van der Waals surface area contributed by atoms with Crippen molar-refractivity contribution in [2.75, 3.05) is 33.3 Å². The summed E-state index contributed by atoms with van der Waals surface area (Å²) in [6.07, 6.45) is 15.1. The molecule has 3 heterocycles. The van der Waals surface area contributed by atoms with Crippen LogP contribution in [0.3, 0.4) is 0 Å². The smallest absolute Gasteiger partial charge is 0.193 e. The van der Waals surface area contributed by atoms with E-state index >= 15 is 0 Å². The summed E-state index contributed by atoms with van der Waals surface area (Å²) in [6.45, 7) is 5.06. The Kier molecular flexibility index (Phi) is 8.01. The molecule has 7 heteroatoms. The van der Waals surface area contributed by atoms with E-state index in [1.54, 1.807) is 0 Å². The van der Waals surface area contributed by atoms with Gasteiger partial charge >= 0.3 is 0 Å². The van der Waals surface area contributed by atoms with Crippen molar-refractivity contribution < 1.29 is 4.74 Å². The number of nitrogens with zero attached hydrogens (tertiary/aromatic N) is 5. The number of hydrogen-bond donors (Lipinski definition) is 1. The summed E-state index contributed by atoms with van der Waals surface area (Å²) in [4.78, 5) is 6.91. The van der Waals surface area contributed by atoms with E-state index in [4.69, 9.17) is 4.74 Å². The summed E-state index contributed by atoms with van der Waals surface area (Å²) in [5.41, 5.74) is 0. The van der Waals surface area contributed by atoms with E-state index in [0.29, 0.717) is 6.10 Å². The molecule has 1 N–H and O–H groups in total. The van der Waals surface area contributed by atoms with Gasteiger partial charge in [-0.3, -0.25) is 4.99 Å². The number of hydrogen-bond acceptors (Lipinski definition) is 4. The van der Waals surface area contributed by atoms with Crippen LogP contribution in [0.25, 0.3) is 0 Å². The summed E-state index contributed by atoms with van der Waals surface area (Å²) in [5.74, 6) is 4.19. The van der Waals surface area contributed by atoms with Gasteiger partial charge in [0.25, 0.3) is 0 Å². The number of rotatable bonds is 7. The van der Waals surface area contributed by atoms with Crippen molar-refractivity contribution in [3.63, 3.8) is 0 Å². The molecule has 1 aromatic rings. The van der Waals surface area contributed by atoms with Gasteiger partial charge in [-0.2, -0.15) is 0 Å². The number of ether oxygens (including phenoxy) is 1. The fourth-order valence-corrected chi connectivity index (χ4v) is 5.19. The quantitative estimate of drug-likeness (QED) is 0.420. The van der Waals surface area contributed by atoms with Crippen molar-refractivity contribution in [1.82, 2.24) is 25.0 Å². The monoisotopic (exact) mass is 416 g/mol. The van der Waals surface area contributed by atoms with Gasteiger partial charge in [-0.1, -0.05) is 19.3 Å². The maximum atomic E-state index is 6.22. The van der Waals surface area contributed by atoms with Crippen molar-refractivity contribution in [1.29, 1.82) is 0 Å². The van der Waals surface area contributed by atoms with Crippen LogP contribution in [0.1, 0.15) is 75.9 Å². The Balaban J connectivity index is 1.15. The van der Waals surface area contributed by atoms with E-state index in [1.807, 2.05) is 7.05 Å². The first-order chi connectivity index (χ1) is 14.8. The third kappa shape index (κ3) is 5.74. The van der Waals surface area contributed by atoms with Gasteiger partial charge < -0.3 is 19.5 Å². The Bertz CT molecular complexity index is 673. The van der Waals surface area contributed by atoms with Crippen LogP contribution in [0, 0.1) is 5.92 Å². The molecule has 0 atom stereocenters. The Hall–Kier alpha value is -1.63. The van der Waals surface area contributed by atoms with Gasteiger partial charge in [0.2, 0.25) is 0 Å². The first-order valence-corrected chi connectivity index (χ1v) is 12.3. The fraction of sp³-hybridized carbons (Fsp3) is 0.870. The first-order valence-electron chi connectivity index (χ1n) is 12.3. The highest BCUT2D eigenvalue weighted by Gasteiger charge is 2.24. The standard InChI is InChI=1S/C23H40N6O/c1-24-23(28-16-12-20(13-17-28)30-18-19-8-4-5-9-19)25-14-7-11-22-27-26-21-10-3-2-6-15-29(21)22/h19-20H,2-18H2,1H3,(H,24,25). The van der Waals surface area contributed by atoms with Crippen molar-refractivity contribution in [2.45, 2.75) is 89.7 Å². The number of piperidine rings is 1. The molecule has 0 radical (unpaired) electrons. The Morgan fingerprint density at radius 2 is 1.87 bits per heavy atom. The molecule has 0 unspecified atom stereocenters. The molecular formula is C23H40N6O. The number of aliphatic imine (C=N–C) groups is 1. The van der Waals surface area contributed by atoms with E-state index < -0.39 is 0 Å². The molecule has 1 saturated carbocycles. The van der Waals surface area contributed by atoms with Gasteiger partial charge in [0.05, 0.1) is 6.10 Å². The minimum atomic E-state index is 0.433. The molecule has 2 fully saturated rings. The van der Waals surface area contributed by atoms with Gasteiger partial charge in [0.1, 0.15) is 11.6 Å². The summed E-state index contributed by atoms with van der Waals surface area (Å²) >= 11 is 0. The molecule has 30 heavy (non-hydrogen) atoms. The molecule has 3 aliphatic rings. The van der Waals surface area contributed by atoms with Crippen LogP contribution in [-0.2, 0) is 24.1 Å². The lowest BCUT2D eigenvalue weighted by Crippen LogP contribution is -2.47. The highest BCUT2D eigenvalue weighted by molar-refractivity contribution is 5.79. The van der Waals surface area contributed by atoms with Gasteiger partial charge in [-0.15, -0.1) is 10.2 Å². The molecule has 0 amide bonds. The lowest BCUT2D eigenvalue weighted by Gasteiger charge is -2.34. The average Bonchev–Trinajstić information content (AvgIpc) is 3.37. The Morgan fingerprint density at radius 1 is 1.03 bits per heavy atom. The van der Waals surface area contributed by atoms with Crippen LogP contribution >= 0.6 is 0 Å². The largest absolute Gasteiger partial charge is 0.378 e. The van der Waals surface area contributed by atoms with Gasteiger partial charge in [0.15, 0.2) is 5.96 Å². The minimum absolute atomic E-state index is 0.433. The zero-order chi connectivity index (χ0) is 20.6. The van der Waals surface area contributed by atoms with Crippen molar-refractivity contribution in [3.8, 4) is 0 Å². The third-order valence-electron chi connectivity index (χ3n) is 7.04. The van der Waals surface area contributed by atoms with E-state index in [1.165, 1.54) is 50.8 Å². The van der Waals surface area contributed by atoms with E-state index in [-0.39, 0.29) is 0 Å². The molecule has 4 rings (SSSR count). The number of nitrogens with one attached hydrogen (secondary N) is 1. The second-order valence-electron chi connectivity index (χ2n) is 9.24. The number of aryl methyl sites for hydroxylation is 2. The number of aromatic nitrogens is 3. The van der Waals surface area contributed by atoms with Crippen molar-refractivity contribution in [3.05, 3.63) is 11.6 Å². The van der Waals surface area contributed by atoms with Crippen LogP contribution in [0.2, 0.25) is 0 Å². The van der Waals surface area contributed by atoms with Gasteiger partial charge in [0, 0.05) is 52.7 Å². The Labute approximate surface area is 181 Å². The van der Waals surface area contributed by atoms with Crippen molar-refractivity contribution in [2.24, 2.45) is 10.9 Å². The van der Waals surface area contributed by atoms with E-state index in [0.717, 1.165) is 82.6 Å². The fourth-order valence-electron chi connectivity index (χ4n) is 5.19. The highest BCUT2D eigenvalue weighted by atomic mass is 16.5. The predicted molar refractivity (Wildman–Crippen MR) is 120 cm³/mol. The molecule has 2 aliphatic heterocycles.